The lowest BCUT2D eigenvalue weighted by Crippen LogP contribution is -2.36. The smallest absolute Gasteiger partial charge is 0.312 e. The molecule has 0 atom stereocenters. The molecule has 0 fully saturated rings. The van der Waals surface area contributed by atoms with Gasteiger partial charge in [0.2, 0.25) is 0 Å². The molecule has 0 radical (unpaired) electrons. The van der Waals surface area contributed by atoms with Gasteiger partial charge in [-0.15, -0.1) is 9.79 Å². The molecule has 0 rings (SSSR count). The Bertz CT molecular complexity index is 141. The molecular weight excluding hydrogens is 201 g/mol. The molecule has 14 heavy (non-hydrogen) atoms. The average Bonchev–Trinajstić information content (AvgIpc) is 1.95. The van der Waals surface area contributed by atoms with Crippen molar-refractivity contribution in [1.29, 1.82) is 0 Å². The maximum absolute atomic E-state index is 8.70. The van der Waals surface area contributed by atoms with Crippen LogP contribution >= 0.6 is 8.25 Å². The predicted octanol–water partition coefficient (Wildman–Crippen LogP) is 2.19. The SMILES string of the molecule is CCCCCNC(C)(C)C.O=[P+](O)O. The van der Waals surface area contributed by atoms with Crippen molar-refractivity contribution in [3.63, 3.8) is 0 Å². The maximum atomic E-state index is 8.70. The Kier molecular flexibility index (Phi) is 11.2. The van der Waals surface area contributed by atoms with Crippen molar-refractivity contribution in [2.75, 3.05) is 6.54 Å². The third-order valence-electron chi connectivity index (χ3n) is 1.44. The van der Waals surface area contributed by atoms with Gasteiger partial charge in [-0.3, -0.25) is 0 Å². The Morgan fingerprint density at radius 1 is 1.21 bits per heavy atom. The van der Waals surface area contributed by atoms with Gasteiger partial charge in [-0.1, -0.05) is 19.8 Å². The van der Waals surface area contributed by atoms with E-state index in [4.69, 9.17) is 14.4 Å². The van der Waals surface area contributed by atoms with Crippen molar-refractivity contribution < 1.29 is 14.4 Å². The Balaban J connectivity index is 0. The van der Waals surface area contributed by atoms with Gasteiger partial charge < -0.3 is 5.32 Å². The fourth-order valence-corrected chi connectivity index (χ4v) is 0.838. The summed E-state index contributed by atoms with van der Waals surface area (Å²) in [4.78, 5) is 14.2. The summed E-state index contributed by atoms with van der Waals surface area (Å²) in [5, 5.41) is 3.46. The van der Waals surface area contributed by atoms with Gasteiger partial charge in [0.05, 0.1) is 0 Å². The van der Waals surface area contributed by atoms with Crippen LogP contribution in [0.15, 0.2) is 0 Å². The summed E-state index contributed by atoms with van der Waals surface area (Å²) >= 11 is 0. The van der Waals surface area contributed by atoms with Crippen LogP contribution < -0.4 is 5.32 Å². The molecule has 0 bridgehead atoms. The van der Waals surface area contributed by atoms with Crippen molar-refractivity contribution in [1.82, 2.24) is 5.32 Å². The van der Waals surface area contributed by atoms with E-state index in [0.717, 1.165) is 6.54 Å². The minimum absolute atomic E-state index is 0.299. The fourth-order valence-electron chi connectivity index (χ4n) is 0.838. The van der Waals surface area contributed by atoms with Crippen molar-refractivity contribution in [2.24, 2.45) is 0 Å². The molecule has 5 heteroatoms. The van der Waals surface area contributed by atoms with Crippen LogP contribution in [0, 0.1) is 0 Å². The van der Waals surface area contributed by atoms with Crippen LogP contribution in [0.4, 0.5) is 0 Å². The highest BCUT2D eigenvalue weighted by atomic mass is 31.1. The van der Waals surface area contributed by atoms with Crippen molar-refractivity contribution in [2.45, 2.75) is 52.5 Å². The van der Waals surface area contributed by atoms with Gasteiger partial charge in [0.25, 0.3) is 0 Å². The summed E-state index contributed by atoms with van der Waals surface area (Å²) in [5.41, 5.74) is 0.299. The third kappa shape index (κ3) is 29.6. The van der Waals surface area contributed by atoms with E-state index in [-0.39, 0.29) is 0 Å². The normalized spacial score (nSPS) is 10.4. The lowest BCUT2D eigenvalue weighted by atomic mass is 10.1. The second-order valence-corrected chi connectivity index (χ2v) is 4.64. The van der Waals surface area contributed by atoms with Crippen molar-refractivity contribution in [3.8, 4) is 0 Å². The van der Waals surface area contributed by atoms with Crippen LogP contribution in [0.25, 0.3) is 0 Å². The topological polar surface area (TPSA) is 69.6 Å². The van der Waals surface area contributed by atoms with Gasteiger partial charge in [-0.05, 0) is 33.7 Å². The Morgan fingerprint density at radius 3 is 1.93 bits per heavy atom. The molecule has 0 heterocycles. The minimum atomic E-state index is -2.87. The van der Waals surface area contributed by atoms with E-state index in [0.29, 0.717) is 5.54 Å². The number of hydrogen-bond acceptors (Lipinski definition) is 2. The molecule has 0 aliphatic rings. The molecule has 0 aromatic rings. The van der Waals surface area contributed by atoms with Crippen LogP contribution in [-0.4, -0.2) is 21.9 Å². The molecule has 0 unspecified atom stereocenters. The first-order valence-electron chi connectivity index (χ1n) is 4.89. The lowest BCUT2D eigenvalue weighted by Gasteiger charge is -2.20. The maximum Gasteiger partial charge on any atom is 0.692 e. The van der Waals surface area contributed by atoms with E-state index in [1.54, 1.807) is 0 Å². The highest BCUT2D eigenvalue weighted by Gasteiger charge is 2.06. The van der Waals surface area contributed by atoms with Gasteiger partial charge >= 0.3 is 8.25 Å². The van der Waals surface area contributed by atoms with Gasteiger partial charge in [0.1, 0.15) is 0 Å². The van der Waals surface area contributed by atoms with E-state index in [9.17, 15) is 0 Å². The Morgan fingerprint density at radius 2 is 1.64 bits per heavy atom. The fraction of sp³-hybridized carbons (Fsp3) is 1.00. The van der Waals surface area contributed by atoms with E-state index in [1.165, 1.54) is 19.3 Å². The predicted molar refractivity (Wildman–Crippen MR) is 59.3 cm³/mol. The number of rotatable bonds is 4. The molecule has 0 aliphatic carbocycles. The second kappa shape index (κ2) is 9.53. The molecule has 0 saturated carbocycles. The average molecular weight is 224 g/mol. The molecule has 0 amide bonds. The van der Waals surface area contributed by atoms with Gasteiger partial charge in [-0.25, -0.2) is 0 Å². The van der Waals surface area contributed by atoms with Crippen LogP contribution in [0.5, 0.6) is 0 Å². The standard InChI is InChI=1S/C9H21N.HO3P/c1-5-6-7-8-10-9(2,3)4;1-4(2)3/h10H,5-8H2,1-4H3;(H-,1,2,3)/p+1. The van der Waals surface area contributed by atoms with Crippen LogP contribution in [0.3, 0.4) is 0 Å². The molecule has 0 aliphatic heterocycles. The molecule has 0 saturated heterocycles. The van der Waals surface area contributed by atoms with Crippen LogP contribution in [-0.2, 0) is 4.57 Å². The molecule has 3 N–H and O–H groups in total. The number of hydrogen-bond donors (Lipinski definition) is 3. The number of unbranched alkanes of at least 4 members (excludes halogenated alkanes) is 2. The molecule has 4 nitrogen and oxygen atoms in total. The first kappa shape index (κ1) is 16.4. The molecule has 0 aromatic carbocycles. The Hall–Kier alpha value is -0.0200. The highest BCUT2D eigenvalue weighted by Crippen LogP contribution is 1.99. The summed E-state index contributed by atoms with van der Waals surface area (Å²) in [5.74, 6) is 0. The summed E-state index contributed by atoms with van der Waals surface area (Å²) in [6.45, 7) is 10.0. The van der Waals surface area contributed by atoms with E-state index in [2.05, 4.69) is 33.0 Å². The summed E-state index contributed by atoms with van der Waals surface area (Å²) < 4.78 is 8.70. The van der Waals surface area contributed by atoms with Crippen LogP contribution in [0.1, 0.15) is 47.0 Å². The molecule has 0 aromatic heterocycles. The molecular formula is C9H23NO3P+. The zero-order valence-corrected chi connectivity index (χ0v) is 10.5. The second-order valence-electron chi connectivity index (χ2n) is 4.14. The zero-order valence-electron chi connectivity index (χ0n) is 9.58. The largest absolute Gasteiger partial charge is 0.692 e. The lowest BCUT2D eigenvalue weighted by molar-refractivity contribution is 0.405. The zero-order chi connectivity index (χ0) is 11.6. The van der Waals surface area contributed by atoms with E-state index < -0.39 is 8.25 Å². The molecule has 86 valence electrons. The quantitative estimate of drug-likeness (QED) is 0.505. The summed E-state index contributed by atoms with van der Waals surface area (Å²) in [7, 11) is -2.87. The third-order valence-corrected chi connectivity index (χ3v) is 1.44. The van der Waals surface area contributed by atoms with E-state index >= 15 is 0 Å². The van der Waals surface area contributed by atoms with Gasteiger partial charge in [0.15, 0.2) is 0 Å². The van der Waals surface area contributed by atoms with Crippen molar-refractivity contribution in [3.05, 3.63) is 0 Å². The van der Waals surface area contributed by atoms with Crippen LogP contribution in [0.2, 0.25) is 0 Å². The summed E-state index contributed by atoms with van der Waals surface area (Å²) in [6.07, 6.45) is 3.97. The van der Waals surface area contributed by atoms with Crippen molar-refractivity contribution >= 4 is 8.25 Å². The van der Waals surface area contributed by atoms with Gasteiger partial charge in [-0.2, -0.15) is 0 Å². The first-order chi connectivity index (χ1) is 6.29. The Labute approximate surface area is 87.7 Å². The highest BCUT2D eigenvalue weighted by molar-refractivity contribution is 7.30. The monoisotopic (exact) mass is 224 g/mol. The first-order valence-corrected chi connectivity index (χ1v) is 6.06. The van der Waals surface area contributed by atoms with E-state index in [1.807, 2.05) is 0 Å². The summed E-state index contributed by atoms with van der Waals surface area (Å²) in [6, 6.07) is 0. The molecule has 0 spiro atoms. The van der Waals surface area contributed by atoms with Gasteiger partial charge in [0, 0.05) is 10.1 Å². The minimum Gasteiger partial charge on any atom is -0.312 e. The number of nitrogens with one attached hydrogen (secondary N) is 1.